The van der Waals surface area contributed by atoms with Gasteiger partial charge < -0.3 is 4.74 Å². The lowest BCUT2D eigenvalue weighted by atomic mass is 10.6. The fourth-order valence-corrected chi connectivity index (χ4v) is 0.692. The summed E-state index contributed by atoms with van der Waals surface area (Å²) in [6.45, 7) is 0.794. The van der Waals surface area contributed by atoms with Crippen LogP contribution in [0.1, 0.15) is 6.92 Å². The zero-order valence-electron chi connectivity index (χ0n) is 6.29. The first-order valence-electron chi connectivity index (χ1n) is 2.89. The van der Waals surface area contributed by atoms with Crippen LogP contribution in [0.25, 0.3) is 0 Å². The summed E-state index contributed by atoms with van der Waals surface area (Å²) in [5.74, 6) is -2.27. The molecule has 13 heavy (non-hydrogen) atoms. The molecule has 0 rings (SSSR count). The number of carbonyl (C=O) groups excluding carboxylic acids is 1. The Kier molecular flexibility index (Phi) is 3.67. The summed E-state index contributed by atoms with van der Waals surface area (Å²) in [6.07, 6.45) is -4.83. The molecular weight excluding hydrogens is 217 g/mol. The minimum atomic E-state index is -5.90. The van der Waals surface area contributed by atoms with Crippen molar-refractivity contribution >= 4 is 16.5 Å². The topological polar surface area (TPSA) is 69.7 Å². The third-order valence-electron chi connectivity index (χ3n) is 0.717. The van der Waals surface area contributed by atoms with Crippen molar-refractivity contribution in [3.8, 4) is 0 Å². The van der Waals surface area contributed by atoms with Crippen LogP contribution in [0.15, 0.2) is 0 Å². The molecule has 0 saturated carbocycles. The second-order valence-corrected chi connectivity index (χ2v) is 2.67. The Balaban J connectivity index is 4.49. The van der Waals surface area contributed by atoms with Gasteiger partial charge in [0.25, 0.3) is 0 Å². The van der Waals surface area contributed by atoms with Gasteiger partial charge in [-0.25, -0.2) is 4.79 Å². The Bertz CT molecular complexity index is 284. The van der Waals surface area contributed by atoms with Crippen molar-refractivity contribution in [2.75, 3.05) is 6.61 Å². The van der Waals surface area contributed by atoms with Crippen LogP contribution in [0, 0.1) is 0 Å². The Morgan fingerprint density at radius 2 is 1.92 bits per heavy atom. The van der Waals surface area contributed by atoms with Crippen molar-refractivity contribution in [2.45, 2.75) is 13.0 Å². The number of hydrogen-bond acceptors (Lipinski definition) is 5. The fraction of sp³-hybridized carbons (Fsp3) is 0.750. The number of ether oxygens (including phenoxy) is 1. The molecule has 0 radical (unpaired) electrons. The van der Waals surface area contributed by atoms with Gasteiger partial charge >= 0.3 is 22.6 Å². The predicted octanol–water partition coefficient (Wildman–Crippen LogP) is 0.373. The van der Waals surface area contributed by atoms with Gasteiger partial charge in [-0.2, -0.15) is 21.4 Å². The molecule has 0 spiro atoms. The number of carbonyl (C=O) groups is 1. The molecule has 0 aromatic heterocycles. The molecule has 0 aromatic carbocycles. The summed E-state index contributed by atoms with van der Waals surface area (Å²) in [5.41, 5.74) is 0. The minimum absolute atomic E-state index is 0.413. The number of alkyl halides is 2. The molecule has 0 heterocycles. The van der Waals surface area contributed by atoms with Crippen LogP contribution < -0.4 is 0 Å². The van der Waals surface area contributed by atoms with Gasteiger partial charge in [0.2, 0.25) is 0 Å². The smallest absolute Gasteiger partial charge is 0.460 e. The molecule has 0 saturated heterocycles. The summed E-state index contributed by atoms with van der Waals surface area (Å²) in [6, 6.07) is 0. The zero-order valence-corrected chi connectivity index (χ0v) is 7.11. The normalized spacial score (nSPS) is 12.6. The largest absolute Gasteiger partial charge is 0.472 e. The molecule has 0 bridgehead atoms. The highest BCUT2D eigenvalue weighted by atomic mass is 32.3. The highest BCUT2D eigenvalue weighted by molar-refractivity contribution is 7.81. The Morgan fingerprint density at radius 1 is 1.46 bits per heavy atom. The van der Waals surface area contributed by atoms with Crippen LogP contribution in [-0.4, -0.2) is 27.1 Å². The Morgan fingerprint density at radius 3 is 2.23 bits per heavy atom. The highest BCUT2D eigenvalue weighted by Crippen LogP contribution is 2.20. The van der Waals surface area contributed by atoms with Crippen LogP contribution in [0.5, 0.6) is 0 Å². The first-order chi connectivity index (χ1) is 5.69. The van der Waals surface area contributed by atoms with Crippen LogP contribution >= 0.6 is 0 Å². The van der Waals surface area contributed by atoms with E-state index in [1.165, 1.54) is 6.92 Å². The second-order valence-electron chi connectivity index (χ2n) is 1.71. The van der Waals surface area contributed by atoms with Crippen molar-refractivity contribution in [1.82, 2.24) is 0 Å². The second kappa shape index (κ2) is 3.92. The predicted molar refractivity (Wildman–Crippen MR) is 32.7 cm³/mol. The van der Waals surface area contributed by atoms with Crippen molar-refractivity contribution in [1.29, 1.82) is 0 Å². The average molecular weight is 222 g/mol. The van der Waals surface area contributed by atoms with E-state index in [0.29, 0.717) is 0 Å². The maximum Gasteiger partial charge on any atom is 0.472 e. The van der Waals surface area contributed by atoms with E-state index in [-0.39, 0.29) is 0 Å². The third kappa shape index (κ3) is 4.68. The standard InChI is InChI=1S/C4H5F3O5S/c1-2-11-3(8)4(5,6)12-13(7,9)10/h2H2,1H3. The van der Waals surface area contributed by atoms with Crippen LogP contribution in [0.3, 0.4) is 0 Å². The molecule has 9 heteroatoms. The van der Waals surface area contributed by atoms with Crippen molar-refractivity contribution in [3.05, 3.63) is 0 Å². The molecule has 0 amide bonds. The van der Waals surface area contributed by atoms with Crippen LogP contribution in [-0.2, 0) is 24.2 Å². The van der Waals surface area contributed by atoms with E-state index in [4.69, 9.17) is 0 Å². The molecule has 0 unspecified atom stereocenters. The molecule has 0 aliphatic carbocycles. The van der Waals surface area contributed by atoms with Gasteiger partial charge in [-0.05, 0) is 6.92 Å². The first-order valence-corrected chi connectivity index (χ1v) is 4.20. The Labute approximate surface area is 71.8 Å². The van der Waals surface area contributed by atoms with E-state index in [1.807, 2.05) is 0 Å². The van der Waals surface area contributed by atoms with Crippen LogP contribution in [0.4, 0.5) is 12.7 Å². The lowest BCUT2D eigenvalue weighted by Crippen LogP contribution is -2.35. The summed E-state index contributed by atoms with van der Waals surface area (Å²) < 4.78 is 61.3. The lowest BCUT2D eigenvalue weighted by molar-refractivity contribution is -0.216. The van der Waals surface area contributed by atoms with Crippen molar-refractivity contribution in [3.63, 3.8) is 0 Å². The average Bonchev–Trinajstić information content (AvgIpc) is 1.82. The SMILES string of the molecule is CCOC(=O)C(F)(F)OS(=O)(=O)F. The van der Waals surface area contributed by atoms with E-state index in [0.717, 1.165) is 0 Å². The van der Waals surface area contributed by atoms with Gasteiger partial charge in [0, 0.05) is 0 Å². The summed E-state index contributed by atoms with van der Waals surface area (Å²) in [5, 5.41) is 0. The highest BCUT2D eigenvalue weighted by Gasteiger charge is 2.47. The van der Waals surface area contributed by atoms with E-state index in [9.17, 15) is 25.9 Å². The van der Waals surface area contributed by atoms with Gasteiger partial charge in [0.05, 0.1) is 6.61 Å². The summed E-state index contributed by atoms with van der Waals surface area (Å²) in [7, 11) is -5.90. The number of hydrogen-bond donors (Lipinski definition) is 0. The third-order valence-corrected chi connectivity index (χ3v) is 1.13. The summed E-state index contributed by atoms with van der Waals surface area (Å²) >= 11 is 0. The van der Waals surface area contributed by atoms with E-state index < -0.39 is 29.2 Å². The van der Waals surface area contributed by atoms with Gasteiger partial charge in [-0.15, -0.1) is 0 Å². The monoisotopic (exact) mass is 222 g/mol. The van der Waals surface area contributed by atoms with Crippen molar-refractivity contribution in [2.24, 2.45) is 0 Å². The molecule has 0 aliphatic heterocycles. The quantitative estimate of drug-likeness (QED) is 0.507. The van der Waals surface area contributed by atoms with Gasteiger partial charge in [0.1, 0.15) is 0 Å². The van der Waals surface area contributed by atoms with Gasteiger partial charge in [0.15, 0.2) is 0 Å². The molecule has 78 valence electrons. The van der Waals surface area contributed by atoms with Crippen LogP contribution in [0.2, 0.25) is 0 Å². The lowest BCUT2D eigenvalue weighted by Gasteiger charge is -2.10. The van der Waals surface area contributed by atoms with E-state index in [1.54, 1.807) is 0 Å². The Hall–Kier alpha value is -0.830. The molecule has 0 aromatic rings. The molecule has 5 nitrogen and oxygen atoms in total. The molecular formula is C4H5F3O5S. The van der Waals surface area contributed by atoms with E-state index in [2.05, 4.69) is 8.92 Å². The number of esters is 1. The molecule has 0 atom stereocenters. The first kappa shape index (κ1) is 12.2. The van der Waals surface area contributed by atoms with Gasteiger partial charge in [-0.1, -0.05) is 3.89 Å². The van der Waals surface area contributed by atoms with E-state index >= 15 is 0 Å². The minimum Gasteiger partial charge on any atom is -0.460 e. The van der Waals surface area contributed by atoms with Gasteiger partial charge in [-0.3, -0.25) is 0 Å². The molecule has 0 N–H and O–H groups in total. The fourth-order valence-electron chi connectivity index (χ4n) is 0.374. The number of rotatable bonds is 4. The maximum absolute atomic E-state index is 12.2. The number of halogens is 3. The zero-order chi connectivity index (χ0) is 10.7. The molecule has 0 fully saturated rings. The summed E-state index contributed by atoms with van der Waals surface area (Å²) in [4.78, 5) is 10.2. The molecule has 0 aliphatic rings. The maximum atomic E-state index is 12.2. The van der Waals surface area contributed by atoms with Crippen molar-refractivity contribution < 1.29 is 34.8 Å².